The number of carbonyl (C=O) groups is 1. The highest BCUT2D eigenvalue weighted by molar-refractivity contribution is 7.97. The molecule has 0 aliphatic carbocycles. The van der Waals surface area contributed by atoms with Crippen LogP contribution in [-0.2, 0) is 4.79 Å². The Kier molecular flexibility index (Phi) is 5.76. The molecule has 3 heterocycles. The van der Waals surface area contributed by atoms with E-state index < -0.39 is 0 Å². The lowest BCUT2D eigenvalue weighted by Gasteiger charge is -2.28. The molecule has 0 radical (unpaired) electrons. The topological polar surface area (TPSA) is 41.4 Å². The van der Waals surface area contributed by atoms with Crippen LogP contribution in [0.1, 0.15) is 25.3 Å². The molecule has 0 saturated carbocycles. The van der Waals surface area contributed by atoms with Gasteiger partial charge in [-0.3, -0.25) is 9.48 Å². The van der Waals surface area contributed by atoms with Crippen molar-refractivity contribution >= 4 is 18.2 Å². The monoisotopic (exact) mass is 382 g/mol. The summed E-state index contributed by atoms with van der Waals surface area (Å²) in [6.45, 7) is 4.03. The molecule has 4 rings (SSSR count). The average Bonchev–Trinajstić information content (AvgIpc) is 3.20. The summed E-state index contributed by atoms with van der Waals surface area (Å²) in [6, 6.07) is 9.22. The number of hydrogen-bond donors (Lipinski definition) is 0. The van der Waals surface area contributed by atoms with Crippen molar-refractivity contribution in [3.8, 4) is 11.1 Å². The van der Waals surface area contributed by atoms with Crippen LogP contribution in [0.2, 0.25) is 0 Å². The highest BCUT2D eigenvalue weighted by Gasteiger charge is 2.19. The molecule has 0 amide bonds. The van der Waals surface area contributed by atoms with E-state index in [2.05, 4.69) is 56.5 Å². The first-order valence-corrected chi connectivity index (χ1v) is 10.4. The summed E-state index contributed by atoms with van der Waals surface area (Å²) >= 11 is 1.76. The summed E-state index contributed by atoms with van der Waals surface area (Å²) in [7, 11) is 2.19. The molecule has 1 aromatic heterocycles. The lowest BCUT2D eigenvalue weighted by Crippen LogP contribution is -2.31. The summed E-state index contributed by atoms with van der Waals surface area (Å²) in [6.07, 6.45) is 10.3. The van der Waals surface area contributed by atoms with Crippen LogP contribution < -0.4 is 0 Å². The third-order valence-electron chi connectivity index (χ3n) is 5.44. The number of benzene rings is 1. The molecule has 27 heavy (non-hydrogen) atoms. The van der Waals surface area contributed by atoms with E-state index in [1.165, 1.54) is 28.9 Å². The van der Waals surface area contributed by atoms with Crippen molar-refractivity contribution in [2.24, 2.45) is 0 Å². The molecular weight excluding hydrogens is 356 g/mol. The van der Waals surface area contributed by atoms with E-state index in [0.29, 0.717) is 6.04 Å². The maximum atomic E-state index is 10.8. The van der Waals surface area contributed by atoms with Gasteiger partial charge in [0.25, 0.3) is 0 Å². The number of nitrogens with zero attached hydrogens (tertiary/aromatic N) is 4. The van der Waals surface area contributed by atoms with Crippen LogP contribution in [0, 0.1) is 0 Å². The molecule has 2 aliphatic rings. The number of carbonyl (C=O) groups excluding carboxylic acids is 1. The normalized spacial score (nSPS) is 19.8. The fourth-order valence-electron chi connectivity index (χ4n) is 3.66. The number of hydrogen-bond acceptors (Lipinski definition) is 5. The summed E-state index contributed by atoms with van der Waals surface area (Å²) in [5, 5.41) is 4.62. The van der Waals surface area contributed by atoms with Gasteiger partial charge in [0.1, 0.15) is 6.29 Å². The Bertz CT molecular complexity index is 806. The quantitative estimate of drug-likeness (QED) is 0.583. The van der Waals surface area contributed by atoms with Gasteiger partial charge in [-0.15, -0.1) is 0 Å². The number of likely N-dealkylation sites (tertiary alicyclic amines) is 1. The van der Waals surface area contributed by atoms with Crippen molar-refractivity contribution < 1.29 is 4.79 Å². The summed E-state index contributed by atoms with van der Waals surface area (Å²) in [4.78, 5) is 14.4. The van der Waals surface area contributed by atoms with Crippen molar-refractivity contribution in [2.45, 2.75) is 30.2 Å². The molecule has 0 N–H and O–H groups in total. The van der Waals surface area contributed by atoms with Gasteiger partial charge in [0, 0.05) is 29.7 Å². The van der Waals surface area contributed by atoms with Gasteiger partial charge in [0.05, 0.1) is 12.2 Å². The Morgan fingerprint density at radius 1 is 1.11 bits per heavy atom. The second-order valence-electron chi connectivity index (χ2n) is 7.39. The zero-order valence-corrected chi connectivity index (χ0v) is 16.6. The number of piperidine rings is 1. The Morgan fingerprint density at radius 3 is 2.56 bits per heavy atom. The predicted octanol–water partition coefficient (Wildman–Crippen LogP) is 3.65. The van der Waals surface area contributed by atoms with Gasteiger partial charge in [0.2, 0.25) is 0 Å². The fourth-order valence-corrected chi connectivity index (χ4v) is 4.55. The highest BCUT2D eigenvalue weighted by Crippen LogP contribution is 2.29. The molecule has 0 spiro atoms. The number of aromatic nitrogens is 2. The molecule has 1 saturated heterocycles. The van der Waals surface area contributed by atoms with Crippen LogP contribution in [0.4, 0.5) is 0 Å². The molecule has 1 aromatic carbocycles. The second kappa shape index (κ2) is 8.42. The minimum atomic E-state index is 0.521. The minimum absolute atomic E-state index is 0.521. The predicted molar refractivity (Wildman–Crippen MR) is 110 cm³/mol. The molecule has 0 unspecified atom stereocenters. The van der Waals surface area contributed by atoms with E-state index >= 15 is 0 Å². The average molecular weight is 383 g/mol. The van der Waals surface area contributed by atoms with E-state index in [1.54, 1.807) is 11.9 Å². The Balaban J connectivity index is 1.38. The molecule has 1 fully saturated rings. The van der Waals surface area contributed by atoms with Crippen molar-refractivity contribution in [3.63, 3.8) is 0 Å². The molecule has 0 bridgehead atoms. The Labute approximate surface area is 165 Å². The first-order chi connectivity index (χ1) is 13.2. The van der Waals surface area contributed by atoms with Crippen LogP contribution in [0.3, 0.4) is 0 Å². The molecular formula is C21H26N4OS. The summed E-state index contributed by atoms with van der Waals surface area (Å²) < 4.78 is 4.44. The van der Waals surface area contributed by atoms with Gasteiger partial charge in [-0.2, -0.15) is 5.10 Å². The molecule has 2 aliphatic heterocycles. The number of rotatable bonds is 5. The minimum Gasteiger partial charge on any atom is -0.306 e. The van der Waals surface area contributed by atoms with Gasteiger partial charge >= 0.3 is 0 Å². The fraction of sp³-hybridized carbons (Fsp3) is 0.429. The van der Waals surface area contributed by atoms with E-state index in [0.717, 1.165) is 44.5 Å². The van der Waals surface area contributed by atoms with Crippen LogP contribution in [0.25, 0.3) is 11.1 Å². The van der Waals surface area contributed by atoms with Gasteiger partial charge in [-0.1, -0.05) is 18.2 Å². The van der Waals surface area contributed by atoms with Crippen LogP contribution in [0.5, 0.6) is 0 Å². The van der Waals surface area contributed by atoms with Gasteiger partial charge in [-0.05, 0) is 74.6 Å². The lowest BCUT2D eigenvalue weighted by molar-refractivity contribution is -0.105. The van der Waals surface area contributed by atoms with Crippen molar-refractivity contribution in [3.05, 3.63) is 48.3 Å². The standard InChI is InChI=1S/C21H26N4OS/c1-23-10-8-20(9-11-23)25-15-19(14-22-25)18-2-4-21(5-3-18)27-24-12-6-17(16-26)7-13-24/h2-6,14-16,20H,7-13H2,1H3. The van der Waals surface area contributed by atoms with Gasteiger partial charge in [0.15, 0.2) is 0 Å². The van der Waals surface area contributed by atoms with Crippen LogP contribution >= 0.6 is 11.9 Å². The van der Waals surface area contributed by atoms with Crippen molar-refractivity contribution in [1.29, 1.82) is 0 Å². The largest absolute Gasteiger partial charge is 0.306 e. The van der Waals surface area contributed by atoms with E-state index in [1.807, 2.05) is 12.3 Å². The Morgan fingerprint density at radius 2 is 1.89 bits per heavy atom. The molecule has 5 nitrogen and oxygen atoms in total. The molecule has 6 heteroatoms. The summed E-state index contributed by atoms with van der Waals surface area (Å²) in [5.74, 6) is 0. The first-order valence-electron chi connectivity index (χ1n) is 9.61. The summed E-state index contributed by atoms with van der Waals surface area (Å²) in [5.41, 5.74) is 3.31. The van der Waals surface area contributed by atoms with E-state index in [-0.39, 0.29) is 0 Å². The molecule has 0 atom stereocenters. The SMILES string of the molecule is CN1CCC(n2cc(-c3ccc(SN4CC=C(C=O)CC4)cc3)cn2)CC1. The smallest absolute Gasteiger partial charge is 0.145 e. The van der Waals surface area contributed by atoms with Crippen molar-refractivity contribution in [1.82, 2.24) is 19.0 Å². The number of aldehydes is 1. The molecule has 142 valence electrons. The maximum absolute atomic E-state index is 10.8. The Hall–Kier alpha value is -1.89. The highest BCUT2D eigenvalue weighted by atomic mass is 32.2. The zero-order valence-electron chi connectivity index (χ0n) is 15.8. The first kappa shape index (κ1) is 18.5. The van der Waals surface area contributed by atoms with Gasteiger partial charge in [-0.25, -0.2) is 4.31 Å². The van der Waals surface area contributed by atoms with Gasteiger partial charge < -0.3 is 4.90 Å². The maximum Gasteiger partial charge on any atom is 0.145 e. The van der Waals surface area contributed by atoms with Crippen LogP contribution in [0.15, 0.2) is 53.2 Å². The third-order valence-corrected chi connectivity index (χ3v) is 6.52. The molecule has 2 aromatic rings. The zero-order chi connectivity index (χ0) is 18.6. The van der Waals surface area contributed by atoms with E-state index in [4.69, 9.17) is 0 Å². The van der Waals surface area contributed by atoms with E-state index in [9.17, 15) is 4.79 Å². The van der Waals surface area contributed by atoms with Crippen LogP contribution in [-0.4, -0.2) is 58.5 Å². The lowest BCUT2D eigenvalue weighted by atomic mass is 10.1. The second-order valence-corrected chi connectivity index (χ2v) is 8.56. The third kappa shape index (κ3) is 4.51. The van der Waals surface area contributed by atoms with Crippen molar-refractivity contribution in [2.75, 3.05) is 33.2 Å².